The Morgan fingerprint density at radius 2 is 2.00 bits per heavy atom. The summed E-state index contributed by atoms with van der Waals surface area (Å²) >= 11 is 5.42. The largest absolute Gasteiger partial charge is 0.356 e. The van der Waals surface area contributed by atoms with E-state index in [1.165, 1.54) is 22.4 Å². The summed E-state index contributed by atoms with van der Waals surface area (Å²) in [4.78, 5) is 0. The molecule has 22 heavy (non-hydrogen) atoms. The van der Waals surface area contributed by atoms with Gasteiger partial charge in [0.25, 0.3) is 0 Å². The average Bonchev–Trinajstić information content (AvgIpc) is 2.83. The van der Waals surface area contributed by atoms with Gasteiger partial charge in [0.15, 0.2) is 5.11 Å². The van der Waals surface area contributed by atoms with Gasteiger partial charge in [-0.25, -0.2) is 0 Å². The highest BCUT2D eigenvalue weighted by atomic mass is 32.1. The van der Waals surface area contributed by atoms with Gasteiger partial charge in [-0.3, -0.25) is 4.68 Å². The number of aryl methyl sites for hydroxylation is 3. The fourth-order valence-corrected chi connectivity index (χ4v) is 2.76. The number of aromatic nitrogens is 2. The van der Waals surface area contributed by atoms with Crippen molar-refractivity contribution < 1.29 is 0 Å². The molecule has 0 spiro atoms. The van der Waals surface area contributed by atoms with Gasteiger partial charge in [0, 0.05) is 23.5 Å². The summed E-state index contributed by atoms with van der Waals surface area (Å²) in [5.74, 6) is 0. The Hall–Kier alpha value is -1.88. The van der Waals surface area contributed by atoms with E-state index in [-0.39, 0.29) is 6.04 Å². The van der Waals surface area contributed by atoms with Crippen LogP contribution in [0.15, 0.2) is 24.4 Å². The summed E-state index contributed by atoms with van der Waals surface area (Å²) in [5, 5.41) is 11.6. The van der Waals surface area contributed by atoms with E-state index in [2.05, 4.69) is 62.5 Å². The Kier molecular flexibility index (Phi) is 5.19. The van der Waals surface area contributed by atoms with Gasteiger partial charge in [-0.05, 0) is 70.1 Å². The molecule has 0 fully saturated rings. The molecule has 118 valence electrons. The molecule has 0 radical (unpaired) electrons. The van der Waals surface area contributed by atoms with Crippen LogP contribution >= 0.6 is 12.2 Å². The highest BCUT2D eigenvalue weighted by Crippen LogP contribution is 2.18. The topological polar surface area (TPSA) is 41.9 Å². The zero-order valence-electron chi connectivity index (χ0n) is 13.9. The van der Waals surface area contributed by atoms with E-state index in [0.29, 0.717) is 5.11 Å². The molecule has 5 heteroatoms. The lowest BCUT2D eigenvalue weighted by atomic mass is 10.1. The van der Waals surface area contributed by atoms with Crippen LogP contribution in [0.5, 0.6) is 0 Å². The average molecular weight is 316 g/mol. The van der Waals surface area contributed by atoms with Crippen LogP contribution in [0, 0.1) is 20.8 Å². The second-order valence-electron chi connectivity index (χ2n) is 5.62. The first kappa shape index (κ1) is 16.5. The molecule has 2 N–H and O–H groups in total. The van der Waals surface area contributed by atoms with Gasteiger partial charge in [0.2, 0.25) is 0 Å². The fourth-order valence-electron chi connectivity index (χ4n) is 2.47. The molecule has 0 aliphatic rings. The van der Waals surface area contributed by atoms with E-state index in [9.17, 15) is 0 Å². The van der Waals surface area contributed by atoms with Gasteiger partial charge >= 0.3 is 0 Å². The number of nitrogens with zero attached hydrogens (tertiary/aromatic N) is 2. The minimum absolute atomic E-state index is 0.117. The van der Waals surface area contributed by atoms with Gasteiger partial charge in [0.1, 0.15) is 0 Å². The number of thiocarbonyl (C=S) groups is 1. The Labute approximate surface area is 137 Å². The molecular formula is C17H24N4S. The number of rotatable bonds is 4. The van der Waals surface area contributed by atoms with Crippen molar-refractivity contribution in [3.8, 4) is 0 Å². The van der Waals surface area contributed by atoms with Crippen molar-refractivity contribution in [1.29, 1.82) is 0 Å². The molecule has 1 aromatic heterocycles. The molecule has 0 amide bonds. The third-order valence-corrected chi connectivity index (χ3v) is 4.24. The van der Waals surface area contributed by atoms with Crippen molar-refractivity contribution in [3.63, 3.8) is 0 Å². The molecule has 2 rings (SSSR count). The smallest absolute Gasteiger partial charge is 0.171 e. The van der Waals surface area contributed by atoms with Gasteiger partial charge in [-0.1, -0.05) is 6.07 Å². The van der Waals surface area contributed by atoms with Crippen LogP contribution in [0.25, 0.3) is 0 Å². The van der Waals surface area contributed by atoms with Gasteiger partial charge in [0.05, 0.1) is 12.2 Å². The lowest BCUT2D eigenvalue weighted by Crippen LogP contribution is -2.31. The van der Waals surface area contributed by atoms with E-state index in [4.69, 9.17) is 12.2 Å². The van der Waals surface area contributed by atoms with Crippen molar-refractivity contribution in [3.05, 3.63) is 46.8 Å². The summed E-state index contributed by atoms with van der Waals surface area (Å²) in [7, 11) is 0. The van der Waals surface area contributed by atoms with E-state index >= 15 is 0 Å². The van der Waals surface area contributed by atoms with Crippen LogP contribution in [0.2, 0.25) is 0 Å². The first-order valence-corrected chi connectivity index (χ1v) is 8.00. The molecule has 1 aromatic carbocycles. The number of nitrogens with one attached hydrogen (secondary N) is 2. The van der Waals surface area contributed by atoms with Crippen molar-refractivity contribution in [1.82, 2.24) is 15.1 Å². The number of benzene rings is 1. The second-order valence-corrected chi connectivity index (χ2v) is 6.03. The molecule has 2 aromatic rings. The van der Waals surface area contributed by atoms with Crippen LogP contribution in [0.3, 0.4) is 0 Å². The third kappa shape index (κ3) is 3.65. The zero-order chi connectivity index (χ0) is 16.3. The summed E-state index contributed by atoms with van der Waals surface area (Å²) < 4.78 is 1.99. The van der Waals surface area contributed by atoms with Crippen LogP contribution < -0.4 is 10.6 Å². The molecular weight excluding hydrogens is 292 g/mol. The molecule has 4 nitrogen and oxygen atoms in total. The lowest BCUT2D eigenvalue weighted by molar-refractivity contribution is 0.633. The Balaban J connectivity index is 2.01. The summed E-state index contributed by atoms with van der Waals surface area (Å²) in [6, 6.07) is 6.36. The standard InChI is InChI=1S/C17H24N4S/c1-6-21-14(5)16(10-18-21)13(4)19-17(22)20-15-8-7-11(2)12(3)9-15/h7-10,13H,6H2,1-5H3,(H2,19,20,22). The highest BCUT2D eigenvalue weighted by Gasteiger charge is 2.13. The number of hydrogen-bond acceptors (Lipinski definition) is 2. The number of anilines is 1. The molecule has 0 saturated carbocycles. The Bertz CT molecular complexity index is 675. The number of hydrogen-bond donors (Lipinski definition) is 2. The van der Waals surface area contributed by atoms with E-state index in [0.717, 1.165) is 12.2 Å². The van der Waals surface area contributed by atoms with Crippen molar-refractivity contribution >= 4 is 23.0 Å². The molecule has 1 unspecified atom stereocenters. The second kappa shape index (κ2) is 6.92. The van der Waals surface area contributed by atoms with Crippen molar-refractivity contribution in [2.24, 2.45) is 0 Å². The van der Waals surface area contributed by atoms with Crippen LogP contribution in [0.4, 0.5) is 5.69 Å². The minimum atomic E-state index is 0.117. The van der Waals surface area contributed by atoms with Gasteiger partial charge in [-0.15, -0.1) is 0 Å². The molecule has 0 aliphatic heterocycles. The first-order valence-electron chi connectivity index (χ1n) is 7.59. The third-order valence-electron chi connectivity index (χ3n) is 4.02. The lowest BCUT2D eigenvalue weighted by Gasteiger charge is -2.17. The summed E-state index contributed by atoms with van der Waals surface area (Å²) in [6.07, 6.45) is 1.91. The van der Waals surface area contributed by atoms with Crippen molar-refractivity contribution in [2.75, 3.05) is 5.32 Å². The molecule has 0 saturated heterocycles. The van der Waals surface area contributed by atoms with Gasteiger partial charge in [-0.2, -0.15) is 5.10 Å². The van der Waals surface area contributed by atoms with Crippen LogP contribution in [-0.4, -0.2) is 14.9 Å². The van der Waals surface area contributed by atoms with Crippen molar-refractivity contribution in [2.45, 2.75) is 47.2 Å². The predicted molar refractivity (Wildman–Crippen MR) is 96.3 cm³/mol. The molecule has 1 atom stereocenters. The zero-order valence-corrected chi connectivity index (χ0v) is 14.7. The molecule has 0 aliphatic carbocycles. The first-order chi connectivity index (χ1) is 10.4. The van der Waals surface area contributed by atoms with E-state index in [1.807, 2.05) is 16.9 Å². The highest BCUT2D eigenvalue weighted by molar-refractivity contribution is 7.80. The van der Waals surface area contributed by atoms with Gasteiger partial charge < -0.3 is 10.6 Å². The summed E-state index contributed by atoms with van der Waals surface area (Å²) in [5.41, 5.74) is 5.89. The van der Waals surface area contributed by atoms with Crippen LogP contribution in [0.1, 0.15) is 42.3 Å². The minimum Gasteiger partial charge on any atom is -0.356 e. The van der Waals surface area contributed by atoms with E-state index < -0.39 is 0 Å². The monoisotopic (exact) mass is 316 g/mol. The maximum atomic E-state index is 5.42. The maximum absolute atomic E-state index is 5.42. The predicted octanol–water partition coefficient (Wildman–Crippen LogP) is 3.88. The SMILES string of the molecule is CCn1ncc(C(C)NC(=S)Nc2ccc(C)c(C)c2)c1C. The maximum Gasteiger partial charge on any atom is 0.171 e. The normalized spacial score (nSPS) is 12.0. The molecule has 1 heterocycles. The van der Waals surface area contributed by atoms with Crippen LogP contribution in [-0.2, 0) is 6.54 Å². The molecule has 0 bridgehead atoms. The quantitative estimate of drug-likeness (QED) is 0.840. The Morgan fingerprint density at radius 1 is 1.27 bits per heavy atom. The fraction of sp³-hybridized carbons (Fsp3) is 0.412. The van der Waals surface area contributed by atoms with E-state index in [1.54, 1.807) is 0 Å². The summed E-state index contributed by atoms with van der Waals surface area (Å²) in [6.45, 7) is 11.4. The Morgan fingerprint density at radius 3 is 2.59 bits per heavy atom.